The van der Waals surface area contributed by atoms with E-state index in [2.05, 4.69) is 30.6 Å². The van der Waals surface area contributed by atoms with Gasteiger partial charge in [0.1, 0.15) is 17.1 Å². The second kappa shape index (κ2) is 16.7. The number of ether oxygens (including phenoxy) is 2. The maximum Gasteiger partial charge on any atom is 0.417 e. The molecule has 2 aromatic carbocycles. The number of rotatable bonds is 8. The first-order valence-electron chi connectivity index (χ1n) is 15.9. The van der Waals surface area contributed by atoms with Crippen LogP contribution in [0.15, 0.2) is 70.6 Å². The van der Waals surface area contributed by atoms with Gasteiger partial charge in [0, 0.05) is 53.8 Å². The largest absolute Gasteiger partial charge is 0.447 e. The molecule has 0 unspecified atom stereocenters. The van der Waals surface area contributed by atoms with Crippen LogP contribution < -0.4 is 43.0 Å². The van der Waals surface area contributed by atoms with Crippen LogP contribution in [-0.2, 0) is 25.4 Å². The second-order valence-corrected chi connectivity index (χ2v) is 13.6. The van der Waals surface area contributed by atoms with Crippen molar-refractivity contribution in [1.29, 1.82) is 0 Å². The van der Waals surface area contributed by atoms with E-state index in [4.69, 9.17) is 32.4 Å². The van der Waals surface area contributed by atoms with E-state index in [0.29, 0.717) is 23.2 Å². The molecule has 0 aliphatic heterocycles. The van der Waals surface area contributed by atoms with Crippen molar-refractivity contribution >= 4 is 68.2 Å². The van der Waals surface area contributed by atoms with Crippen LogP contribution in [0.2, 0.25) is 0 Å². The molecule has 0 bridgehead atoms. The molecule has 0 aliphatic carbocycles. The van der Waals surface area contributed by atoms with Gasteiger partial charge in [-0.3, -0.25) is 30.2 Å². The Balaban J connectivity index is 0.000000214. The molecule has 56 heavy (non-hydrogen) atoms. The number of fused-ring (bicyclic) bond motifs is 2. The number of alkyl halides is 6. The first-order valence-corrected chi connectivity index (χ1v) is 17.5. The van der Waals surface area contributed by atoms with Crippen LogP contribution in [-0.4, -0.2) is 47.8 Å². The molecule has 0 atom stereocenters. The lowest BCUT2D eigenvalue weighted by Crippen LogP contribution is -2.36. The van der Waals surface area contributed by atoms with E-state index in [-0.39, 0.29) is 56.6 Å². The van der Waals surface area contributed by atoms with E-state index in [1.807, 2.05) is 0 Å². The van der Waals surface area contributed by atoms with Crippen molar-refractivity contribution in [3.05, 3.63) is 92.9 Å². The average molecular weight is 823 g/mol. The highest BCUT2D eigenvalue weighted by Gasteiger charge is 2.35. The maximum atomic E-state index is 13.5. The number of aromatic nitrogens is 2. The summed E-state index contributed by atoms with van der Waals surface area (Å²) >= 11 is 2.51. The summed E-state index contributed by atoms with van der Waals surface area (Å²) in [6.45, 7) is 0.629. The molecule has 2 amide bonds. The SMILES string of the molecule is CN=C(N)NC(=O)c1cc2c(C(F)(F)F)cc(Oc3ccc(CN)s3)cc2[nH]1.CN=C(N)NC(=O)c1cc2c(C(F)(F)F)ccc(Oc3ccc(CN)s3)c2[nH]1. The van der Waals surface area contributed by atoms with Crippen LogP contribution >= 0.6 is 22.7 Å². The summed E-state index contributed by atoms with van der Waals surface area (Å²) in [5, 5.41) is 5.04. The summed E-state index contributed by atoms with van der Waals surface area (Å²) in [5.74, 6) is -1.62. The number of nitrogens with zero attached hydrogens (tertiary/aromatic N) is 2. The van der Waals surface area contributed by atoms with E-state index >= 15 is 0 Å². The van der Waals surface area contributed by atoms with Crippen molar-refractivity contribution in [3.63, 3.8) is 0 Å². The summed E-state index contributed by atoms with van der Waals surface area (Å²) in [5.41, 5.74) is 20.1. The molecule has 0 radical (unpaired) electrons. The van der Waals surface area contributed by atoms with Crippen LogP contribution in [0.5, 0.6) is 21.6 Å². The number of carbonyl (C=O) groups is 2. The lowest BCUT2D eigenvalue weighted by atomic mass is 10.1. The minimum atomic E-state index is -4.64. The number of aromatic amines is 2. The number of H-pyrrole nitrogens is 2. The number of hydrogen-bond donors (Lipinski definition) is 8. The molecule has 4 heterocycles. The van der Waals surface area contributed by atoms with Crippen molar-refractivity contribution in [2.24, 2.45) is 32.9 Å². The molecule has 12 N–H and O–H groups in total. The molecular formula is C34H32F6N10O4S2. The fourth-order valence-corrected chi connectivity index (χ4v) is 6.52. The first-order chi connectivity index (χ1) is 26.4. The Morgan fingerprint density at radius 1 is 0.696 bits per heavy atom. The Bertz CT molecular complexity index is 2450. The monoisotopic (exact) mass is 822 g/mol. The third kappa shape index (κ3) is 9.57. The van der Waals surface area contributed by atoms with Crippen LogP contribution in [0.3, 0.4) is 0 Å². The van der Waals surface area contributed by atoms with Gasteiger partial charge in [0.15, 0.2) is 27.8 Å². The van der Waals surface area contributed by atoms with Gasteiger partial charge in [0.2, 0.25) is 0 Å². The van der Waals surface area contributed by atoms with Gasteiger partial charge in [-0.1, -0.05) is 0 Å². The van der Waals surface area contributed by atoms with Crippen LogP contribution in [0, 0.1) is 0 Å². The molecule has 6 aromatic rings. The zero-order valence-electron chi connectivity index (χ0n) is 29.1. The second-order valence-electron chi connectivity index (χ2n) is 11.4. The summed E-state index contributed by atoms with van der Waals surface area (Å²) < 4.78 is 92.1. The van der Waals surface area contributed by atoms with Crippen molar-refractivity contribution in [2.75, 3.05) is 14.1 Å². The Kier molecular flexibility index (Phi) is 12.3. The third-order valence-electron chi connectivity index (χ3n) is 7.64. The standard InChI is InChI=1S/2C17H16F3N5O2S/c1-23-16(22)25-15(26)11-6-9-10(17(18,19)20)3-4-12(14(9)24-11)27-13-5-2-8(7-21)28-13;1-23-16(22)25-15(26)13-6-10-11(17(18,19)20)4-8(5-12(10)24-13)27-14-3-2-9(7-21)28-14/h2*2-6,24H,7,21H2,1H3,(H3,22,23,25,26). The highest BCUT2D eigenvalue weighted by molar-refractivity contribution is 7.14. The molecule has 296 valence electrons. The molecule has 0 aliphatic rings. The Hall–Kier alpha value is -6.10. The number of aliphatic imine (C=N–C) groups is 2. The molecular weight excluding hydrogens is 791 g/mol. The Morgan fingerprint density at radius 2 is 1.21 bits per heavy atom. The van der Waals surface area contributed by atoms with Gasteiger partial charge >= 0.3 is 12.4 Å². The lowest BCUT2D eigenvalue weighted by molar-refractivity contribution is -0.137. The molecule has 6 rings (SSSR count). The zero-order chi connectivity index (χ0) is 40.9. The normalized spacial score (nSPS) is 12.4. The number of nitrogens with one attached hydrogen (secondary N) is 4. The Morgan fingerprint density at radius 3 is 1.71 bits per heavy atom. The molecule has 0 saturated heterocycles. The smallest absolute Gasteiger partial charge is 0.417 e. The molecule has 14 nitrogen and oxygen atoms in total. The number of halogens is 6. The van der Waals surface area contributed by atoms with Crippen LogP contribution in [0.4, 0.5) is 26.3 Å². The number of carbonyl (C=O) groups excluding carboxylic acids is 2. The maximum absolute atomic E-state index is 13.5. The van der Waals surface area contributed by atoms with Gasteiger partial charge < -0.3 is 42.4 Å². The number of nitrogens with two attached hydrogens (primary N) is 4. The minimum absolute atomic E-state index is 0.0197. The lowest BCUT2D eigenvalue weighted by Gasteiger charge is -2.11. The number of guanidine groups is 2. The zero-order valence-corrected chi connectivity index (χ0v) is 30.7. The number of thiophene rings is 2. The highest BCUT2D eigenvalue weighted by atomic mass is 32.1. The average Bonchev–Trinajstić information content (AvgIpc) is 3.97. The van der Waals surface area contributed by atoms with E-state index in [0.717, 1.165) is 34.0 Å². The van der Waals surface area contributed by atoms with E-state index in [9.17, 15) is 35.9 Å². The molecule has 4 aromatic heterocycles. The Labute approximate surface area is 320 Å². The minimum Gasteiger partial charge on any atom is -0.447 e. The van der Waals surface area contributed by atoms with Crippen molar-refractivity contribution in [1.82, 2.24) is 20.6 Å². The summed E-state index contributed by atoms with van der Waals surface area (Å²) in [7, 11) is 2.73. The topological polar surface area (TPSA) is 237 Å². The number of amides is 2. The van der Waals surface area contributed by atoms with Crippen LogP contribution in [0.1, 0.15) is 41.9 Å². The van der Waals surface area contributed by atoms with Crippen LogP contribution in [0.25, 0.3) is 21.8 Å². The quantitative estimate of drug-likeness (QED) is 0.0488. The van der Waals surface area contributed by atoms with Gasteiger partial charge in [-0.05, 0) is 54.6 Å². The summed E-state index contributed by atoms with van der Waals surface area (Å²) in [6, 6.07) is 13.4. The molecule has 0 fully saturated rings. The summed E-state index contributed by atoms with van der Waals surface area (Å²) in [6.07, 6.45) is -9.25. The first kappa shape index (κ1) is 41.1. The van der Waals surface area contributed by atoms with Gasteiger partial charge in [-0.2, -0.15) is 26.3 Å². The fourth-order valence-electron chi connectivity index (χ4n) is 5.02. The molecule has 0 saturated carbocycles. The predicted octanol–water partition coefficient (Wildman–Crippen LogP) is 6.35. The fraction of sp³-hybridized carbons (Fsp3) is 0.176. The van der Waals surface area contributed by atoms with E-state index in [1.165, 1.54) is 48.9 Å². The number of benzene rings is 2. The predicted molar refractivity (Wildman–Crippen MR) is 201 cm³/mol. The van der Waals surface area contributed by atoms with Crippen molar-refractivity contribution < 1.29 is 45.4 Å². The van der Waals surface area contributed by atoms with Crippen molar-refractivity contribution in [3.8, 4) is 21.6 Å². The summed E-state index contributed by atoms with van der Waals surface area (Å²) in [4.78, 5) is 38.5. The highest BCUT2D eigenvalue weighted by Crippen LogP contribution is 2.42. The van der Waals surface area contributed by atoms with Gasteiger partial charge in [0.25, 0.3) is 11.8 Å². The van der Waals surface area contributed by atoms with Gasteiger partial charge in [-0.15, -0.1) is 22.7 Å². The van der Waals surface area contributed by atoms with E-state index < -0.39 is 35.3 Å². The molecule has 0 spiro atoms. The number of hydrogen-bond acceptors (Lipinski definition) is 10. The van der Waals surface area contributed by atoms with E-state index in [1.54, 1.807) is 24.3 Å². The van der Waals surface area contributed by atoms with Crippen molar-refractivity contribution in [2.45, 2.75) is 25.4 Å². The third-order valence-corrected chi connectivity index (χ3v) is 9.61. The van der Waals surface area contributed by atoms with Gasteiger partial charge in [0.05, 0.1) is 22.2 Å². The van der Waals surface area contributed by atoms with Gasteiger partial charge in [-0.25, -0.2) is 0 Å². The molecule has 22 heteroatoms.